The van der Waals surface area contributed by atoms with Gasteiger partial charge in [0, 0.05) is 39.1 Å². The zero-order valence-corrected chi connectivity index (χ0v) is 14.1. The summed E-state index contributed by atoms with van der Waals surface area (Å²) in [6.07, 6.45) is 5.70. The number of imidazole rings is 1. The SMILES string of the molecule is CC(Cn1ccnc1)=C(C)c1ccc2sc3ccccc3c2c1. The van der Waals surface area contributed by atoms with Gasteiger partial charge in [-0.3, -0.25) is 0 Å². The van der Waals surface area contributed by atoms with Crippen LogP contribution in [0.15, 0.2) is 66.8 Å². The highest BCUT2D eigenvalue weighted by Gasteiger charge is 2.07. The number of fused-ring (bicyclic) bond motifs is 3. The van der Waals surface area contributed by atoms with Crippen molar-refractivity contribution in [1.82, 2.24) is 9.55 Å². The number of allylic oxidation sites excluding steroid dienone is 2. The van der Waals surface area contributed by atoms with Gasteiger partial charge in [0.25, 0.3) is 0 Å². The van der Waals surface area contributed by atoms with E-state index >= 15 is 0 Å². The average molecular weight is 318 g/mol. The minimum absolute atomic E-state index is 0.883. The molecule has 0 aliphatic heterocycles. The fourth-order valence-corrected chi connectivity index (χ4v) is 4.06. The summed E-state index contributed by atoms with van der Waals surface area (Å²) < 4.78 is 4.82. The van der Waals surface area contributed by atoms with Gasteiger partial charge in [-0.15, -0.1) is 11.3 Å². The van der Waals surface area contributed by atoms with Gasteiger partial charge < -0.3 is 4.57 Å². The van der Waals surface area contributed by atoms with Crippen molar-refractivity contribution >= 4 is 37.1 Å². The second-order valence-electron chi connectivity index (χ2n) is 5.95. The summed E-state index contributed by atoms with van der Waals surface area (Å²) in [5.41, 5.74) is 4.01. The first-order valence-corrected chi connectivity index (χ1v) is 8.58. The Hall–Kier alpha value is -2.39. The first kappa shape index (κ1) is 14.2. The van der Waals surface area contributed by atoms with E-state index in [1.54, 1.807) is 0 Å². The molecular formula is C20H18N2S. The summed E-state index contributed by atoms with van der Waals surface area (Å²) in [7, 11) is 0. The van der Waals surface area contributed by atoms with Gasteiger partial charge in [-0.25, -0.2) is 4.98 Å². The molecule has 23 heavy (non-hydrogen) atoms. The molecule has 0 radical (unpaired) electrons. The normalized spacial score (nSPS) is 12.8. The monoisotopic (exact) mass is 318 g/mol. The summed E-state index contributed by atoms with van der Waals surface area (Å²) >= 11 is 1.87. The van der Waals surface area contributed by atoms with Crippen molar-refractivity contribution in [2.24, 2.45) is 0 Å². The second kappa shape index (κ2) is 5.67. The van der Waals surface area contributed by atoms with Gasteiger partial charge in [0.1, 0.15) is 0 Å². The molecule has 4 rings (SSSR count). The Morgan fingerprint density at radius 2 is 1.87 bits per heavy atom. The zero-order chi connectivity index (χ0) is 15.8. The molecule has 0 bridgehead atoms. The van der Waals surface area contributed by atoms with E-state index in [9.17, 15) is 0 Å². The molecule has 4 aromatic rings. The lowest BCUT2D eigenvalue weighted by Crippen LogP contribution is -1.97. The third-order valence-corrected chi connectivity index (χ3v) is 5.58. The maximum Gasteiger partial charge on any atom is 0.0948 e. The van der Waals surface area contributed by atoms with Crippen molar-refractivity contribution in [3.63, 3.8) is 0 Å². The summed E-state index contributed by atoms with van der Waals surface area (Å²) in [5.74, 6) is 0. The number of hydrogen-bond donors (Lipinski definition) is 0. The van der Waals surface area contributed by atoms with Gasteiger partial charge >= 0.3 is 0 Å². The lowest BCUT2D eigenvalue weighted by Gasteiger charge is -2.09. The van der Waals surface area contributed by atoms with E-state index in [4.69, 9.17) is 0 Å². The highest BCUT2D eigenvalue weighted by molar-refractivity contribution is 7.25. The number of nitrogens with zero attached hydrogens (tertiary/aromatic N) is 2. The average Bonchev–Trinajstić information content (AvgIpc) is 3.20. The maximum atomic E-state index is 4.12. The van der Waals surface area contributed by atoms with Gasteiger partial charge in [-0.05, 0) is 43.2 Å². The number of hydrogen-bond acceptors (Lipinski definition) is 2. The molecule has 0 fully saturated rings. The molecule has 0 amide bonds. The fraction of sp³-hybridized carbons (Fsp3) is 0.150. The van der Waals surface area contributed by atoms with Crippen molar-refractivity contribution < 1.29 is 0 Å². The predicted octanol–water partition coefficient (Wildman–Crippen LogP) is 5.74. The highest BCUT2D eigenvalue weighted by atomic mass is 32.1. The van der Waals surface area contributed by atoms with E-state index < -0.39 is 0 Å². The van der Waals surface area contributed by atoms with Gasteiger partial charge in [0.15, 0.2) is 0 Å². The quantitative estimate of drug-likeness (QED) is 0.470. The van der Waals surface area contributed by atoms with Crippen LogP contribution in [0.3, 0.4) is 0 Å². The molecule has 0 unspecified atom stereocenters. The van der Waals surface area contributed by atoms with Gasteiger partial charge in [0.2, 0.25) is 0 Å². The topological polar surface area (TPSA) is 17.8 Å². The third kappa shape index (κ3) is 2.57. The molecule has 2 nitrogen and oxygen atoms in total. The predicted molar refractivity (Wildman–Crippen MR) is 99.8 cm³/mol. The van der Waals surface area contributed by atoms with E-state index in [0.29, 0.717) is 0 Å². The van der Waals surface area contributed by atoms with Crippen LogP contribution in [-0.2, 0) is 6.54 Å². The minimum atomic E-state index is 0.883. The number of thiophene rings is 1. The Morgan fingerprint density at radius 3 is 2.70 bits per heavy atom. The van der Waals surface area contributed by atoms with Crippen LogP contribution in [0, 0.1) is 0 Å². The van der Waals surface area contributed by atoms with Crippen molar-refractivity contribution in [3.05, 3.63) is 72.3 Å². The molecule has 0 atom stereocenters. The molecule has 114 valence electrons. The van der Waals surface area contributed by atoms with E-state index in [-0.39, 0.29) is 0 Å². The Morgan fingerprint density at radius 1 is 1.04 bits per heavy atom. The molecule has 0 spiro atoms. The van der Waals surface area contributed by atoms with Crippen LogP contribution in [0.2, 0.25) is 0 Å². The van der Waals surface area contributed by atoms with Crippen LogP contribution < -0.4 is 0 Å². The minimum Gasteiger partial charge on any atom is -0.333 e. The molecule has 2 aromatic heterocycles. The summed E-state index contributed by atoms with van der Waals surface area (Å²) in [5, 5.41) is 2.72. The van der Waals surface area contributed by atoms with E-state index in [1.165, 1.54) is 36.9 Å². The Balaban J connectivity index is 1.80. The molecule has 2 heterocycles. The molecule has 3 heteroatoms. The molecule has 0 saturated heterocycles. The largest absolute Gasteiger partial charge is 0.333 e. The van der Waals surface area contributed by atoms with Crippen molar-refractivity contribution in [3.8, 4) is 0 Å². The van der Waals surface area contributed by atoms with Gasteiger partial charge in [-0.2, -0.15) is 0 Å². The Kier molecular flexibility index (Phi) is 3.50. The third-order valence-electron chi connectivity index (χ3n) is 4.43. The Bertz CT molecular complexity index is 1010. The lowest BCUT2D eigenvalue weighted by molar-refractivity contribution is 0.783. The van der Waals surface area contributed by atoms with Crippen LogP contribution in [0.5, 0.6) is 0 Å². The second-order valence-corrected chi connectivity index (χ2v) is 7.03. The van der Waals surface area contributed by atoms with Gasteiger partial charge in [-0.1, -0.05) is 29.8 Å². The van der Waals surface area contributed by atoms with Crippen LogP contribution >= 0.6 is 11.3 Å². The van der Waals surface area contributed by atoms with Crippen molar-refractivity contribution in [2.45, 2.75) is 20.4 Å². The van der Waals surface area contributed by atoms with Crippen LogP contribution in [0.1, 0.15) is 19.4 Å². The first-order chi connectivity index (χ1) is 11.2. The van der Waals surface area contributed by atoms with Crippen molar-refractivity contribution in [1.29, 1.82) is 0 Å². The molecular weight excluding hydrogens is 300 g/mol. The summed E-state index contributed by atoms with van der Waals surface area (Å²) in [6, 6.07) is 15.5. The standard InChI is InChI=1S/C20H18N2S/c1-14(12-22-10-9-21-13-22)15(2)16-7-8-20-18(11-16)17-5-3-4-6-19(17)23-20/h3-11,13H,12H2,1-2H3. The number of rotatable bonds is 3. The molecule has 0 aliphatic carbocycles. The van der Waals surface area contributed by atoms with Crippen LogP contribution in [0.25, 0.3) is 25.7 Å². The Labute approximate surface area is 139 Å². The van der Waals surface area contributed by atoms with Crippen LogP contribution in [0.4, 0.5) is 0 Å². The zero-order valence-electron chi connectivity index (χ0n) is 13.3. The molecule has 0 N–H and O–H groups in total. The number of aromatic nitrogens is 2. The molecule has 0 aliphatic rings. The van der Waals surface area contributed by atoms with E-state index in [0.717, 1.165) is 6.54 Å². The smallest absolute Gasteiger partial charge is 0.0948 e. The summed E-state index contributed by atoms with van der Waals surface area (Å²) in [4.78, 5) is 4.12. The van der Waals surface area contributed by atoms with Crippen LogP contribution in [-0.4, -0.2) is 9.55 Å². The van der Waals surface area contributed by atoms with E-state index in [2.05, 4.69) is 65.9 Å². The number of benzene rings is 2. The first-order valence-electron chi connectivity index (χ1n) is 7.76. The lowest BCUT2D eigenvalue weighted by atomic mass is 10.00. The van der Waals surface area contributed by atoms with Crippen molar-refractivity contribution in [2.75, 3.05) is 0 Å². The fourth-order valence-electron chi connectivity index (χ4n) is 2.98. The van der Waals surface area contributed by atoms with Gasteiger partial charge in [0.05, 0.1) is 6.33 Å². The van der Waals surface area contributed by atoms with E-state index in [1.807, 2.05) is 30.1 Å². The molecule has 2 aromatic carbocycles. The summed E-state index contributed by atoms with van der Waals surface area (Å²) in [6.45, 7) is 5.29. The highest BCUT2D eigenvalue weighted by Crippen LogP contribution is 2.35. The maximum absolute atomic E-state index is 4.12. The molecule has 0 saturated carbocycles.